The third kappa shape index (κ3) is 6.08. The fraction of sp³-hybridized carbons (Fsp3) is 1.00. The van der Waals surface area contributed by atoms with E-state index in [0.29, 0.717) is 0 Å². The van der Waals surface area contributed by atoms with Gasteiger partial charge in [-0.05, 0) is 0 Å². The summed E-state index contributed by atoms with van der Waals surface area (Å²) in [7, 11) is 0. The van der Waals surface area contributed by atoms with Crippen molar-refractivity contribution in [3.63, 3.8) is 0 Å². The second-order valence-electron chi connectivity index (χ2n) is 8.33. The lowest BCUT2D eigenvalue weighted by atomic mass is 9.96. The molecule has 3 saturated heterocycles. The van der Waals surface area contributed by atoms with Crippen molar-refractivity contribution < 1.29 is 85.3 Å². The molecule has 3 aliphatic heterocycles. The maximum absolute atomic E-state index is 10.6. The smallest absolute Gasteiger partial charge is 0.187 e. The van der Waals surface area contributed by atoms with Gasteiger partial charge in [-0.25, -0.2) is 0 Å². The third-order valence-electron chi connectivity index (χ3n) is 6.09. The summed E-state index contributed by atoms with van der Waals surface area (Å²) in [6.07, 6.45) is -25.1. The molecule has 35 heavy (non-hydrogen) atoms. The first-order chi connectivity index (χ1) is 16.0. The van der Waals surface area contributed by atoms with Crippen LogP contribution in [-0.2, 0) is 23.7 Å². The Morgan fingerprint density at radius 1 is 0.457 bits per heavy atom. The van der Waals surface area contributed by atoms with E-state index in [1.165, 1.54) is 0 Å². The number of aliphatic hydroxyl groups excluding tert-OH is 11. The first-order valence-corrected chi connectivity index (χ1v) is 10.6. The van der Waals surface area contributed by atoms with E-state index in [0.717, 1.165) is 0 Å². The normalized spacial score (nSPS) is 51.0. The van der Waals surface area contributed by atoms with E-state index in [1.54, 1.807) is 0 Å². The predicted octanol–water partition coefficient (Wildman–Crippen LogP) is -8.40. The van der Waals surface area contributed by atoms with Crippen molar-refractivity contribution in [2.45, 2.75) is 92.1 Å². The highest BCUT2D eigenvalue weighted by atomic mass is 16.8. The standard InChI is InChI=1S/C18H32O16.H2O/c19-1-4-7(22)8(23)12(27)17(31-4)34-15-6(3-21)32-18(13(28)10(15)25)33-14-5(2-20)30-16(29)11(26)9(14)24;/h4-29H,1-3H2;1H2/t4-,5-,6-,7-,8+,9+,10+,11-,12-,13-,14-,15-,16?,17+,18-;/m1./s1. The van der Waals surface area contributed by atoms with Crippen LogP contribution in [0.2, 0.25) is 0 Å². The minimum absolute atomic E-state index is 0. The first-order valence-electron chi connectivity index (χ1n) is 10.6. The summed E-state index contributed by atoms with van der Waals surface area (Å²) < 4.78 is 26.4. The van der Waals surface area contributed by atoms with Gasteiger partial charge >= 0.3 is 0 Å². The molecule has 0 aromatic rings. The average molecular weight is 522 g/mol. The van der Waals surface area contributed by atoms with Crippen LogP contribution < -0.4 is 0 Å². The zero-order valence-electron chi connectivity index (χ0n) is 18.2. The minimum Gasteiger partial charge on any atom is -0.412 e. The van der Waals surface area contributed by atoms with Crippen LogP contribution in [0.1, 0.15) is 0 Å². The number of rotatable bonds is 7. The van der Waals surface area contributed by atoms with Gasteiger partial charge in [-0.2, -0.15) is 0 Å². The number of hydrogen-bond donors (Lipinski definition) is 11. The first kappa shape index (κ1) is 30.5. The van der Waals surface area contributed by atoms with E-state index in [1.807, 2.05) is 0 Å². The summed E-state index contributed by atoms with van der Waals surface area (Å²) in [6.45, 7) is -2.32. The molecular formula is C18H34O17. The van der Waals surface area contributed by atoms with Crippen LogP contribution in [0.15, 0.2) is 0 Å². The highest BCUT2D eigenvalue weighted by molar-refractivity contribution is 4.96. The van der Waals surface area contributed by atoms with Crippen molar-refractivity contribution in [1.82, 2.24) is 0 Å². The van der Waals surface area contributed by atoms with Crippen LogP contribution in [0.25, 0.3) is 0 Å². The molecule has 3 aliphatic rings. The van der Waals surface area contributed by atoms with Crippen molar-refractivity contribution in [1.29, 1.82) is 0 Å². The molecule has 0 aromatic heterocycles. The van der Waals surface area contributed by atoms with Gasteiger partial charge in [-0.3, -0.25) is 0 Å². The van der Waals surface area contributed by atoms with Crippen LogP contribution in [0, 0.1) is 0 Å². The zero-order chi connectivity index (χ0) is 25.3. The molecule has 0 saturated carbocycles. The molecule has 15 atom stereocenters. The van der Waals surface area contributed by atoms with Crippen LogP contribution in [-0.4, -0.2) is 174 Å². The van der Waals surface area contributed by atoms with Crippen LogP contribution in [0.5, 0.6) is 0 Å². The molecule has 3 heterocycles. The van der Waals surface area contributed by atoms with Crippen molar-refractivity contribution in [2.24, 2.45) is 0 Å². The summed E-state index contributed by atoms with van der Waals surface area (Å²) in [6, 6.07) is 0. The Kier molecular flexibility index (Phi) is 11.1. The molecule has 0 aromatic carbocycles. The summed E-state index contributed by atoms with van der Waals surface area (Å²) in [5.41, 5.74) is 0. The average Bonchev–Trinajstić information content (AvgIpc) is 2.83. The lowest BCUT2D eigenvalue weighted by Crippen LogP contribution is -2.66. The Balaban J connectivity index is 0.00000432. The molecule has 3 rings (SSSR count). The maximum atomic E-state index is 10.6. The molecule has 17 nitrogen and oxygen atoms in total. The van der Waals surface area contributed by atoms with Crippen molar-refractivity contribution in [3.05, 3.63) is 0 Å². The van der Waals surface area contributed by atoms with E-state index in [2.05, 4.69) is 0 Å². The molecule has 13 N–H and O–H groups in total. The van der Waals surface area contributed by atoms with Gasteiger partial charge in [-0.15, -0.1) is 0 Å². The summed E-state index contributed by atoms with van der Waals surface area (Å²) >= 11 is 0. The molecule has 3 fully saturated rings. The van der Waals surface area contributed by atoms with Gasteiger partial charge in [0, 0.05) is 0 Å². The Morgan fingerprint density at radius 3 is 1.34 bits per heavy atom. The van der Waals surface area contributed by atoms with Crippen molar-refractivity contribution in [3.8, 4) is 0 Å². The lowest BCUT2D eigenvalue weighted by Gasteiger charge is -2.47. The predicted molar refractivity (Wildman–Crippen MR) is 105 cm³/mol. The molecule has 1 unspecified atom stereocenters. The monoisotopic (exact) mass is 522 g/mol. The number of ether oxygens (including phenoxy) is 5. The van der Waals surface area contributed by atoms with E-state index in [9.17, 15) is 56.2 Å². The van der Waals surface area contributed by atoms with Crippen LogP contribution in [0.3, 0.4) is 0 Å². The molecular weight excluding hydrogens is 488 g/mol. The van der Waals surface area contributed by atoms with Gasteiger partial charge in [-0.1, -0.05) is 0 Å². The lowest BCUT2D eigenvalue weighted by molar-refractivity contribution is -0.377. The summed E-state index contributed by atoms with van der Waals surface area (Å²) in [4.78, 5) is 0. The minimum atomic E-state index is -1.91. The van der Waals surface area contributed by atoms with E-state index >= 15 is 0 Å². The maximum Gasteiger partial charge on any atom is 0.187 e. The molecule has 17 heteroatoms. The van der Waals surface area contributed by atoms with Gasteiger partial charge in [0.2, 0.25) is 0 Å². The quantitative estimate of drug-likeness (QED) is 0.148. The highest BCUT2D eigenvalue weighted by Crippen LogP contribution is 2.32. The van der Waals surface area contributed by atoms with Crippen molar-refractivity contribution >= 4 is 0 Å². The second kappa shape index (κ2) is 12.7. The van der Waals surface area contributed by atoms with E-state index in [4.69, 9.17) is 23.7 Å². The number of hydrogen-bond acceptors (Lipinski definition) is 16. The summed E-state index contributed by atoms with van der Waals surface area (Å²) in [5, 5.41) is 109. The molecule has 0 bridgehead atoms. The van der Waals surface area contributed by atoms with Crippen molar-refractivity contribution in [2.75, 3.05) is 19.8 Å². The van der Waals surface area contributed by atoms with Gasteiger partial charge in [0.25, 0.3) is 0 Å². The fourth-order valence-electron chi connectivity index (χ4n) is 4.06. The van der Waals surface area contributed by atoms with E-state index in [-0.39, 0.29) is 5.48 Å². The molecule has 0 aliphatic carbocycles. The Labute approximate surface area is 198 Å². The highest BCUT2D eigenvalue weighted by Gasteiger charge is 2.53. The van der Waals surface area contributed by atoms with Crippen LogP contribution in [0.4, 0.5) is 0 Å². The van der Waals surface area contributed by atoms with Crippen LogP contribution >= 0.6 is 0 Å². The van der Waals surface area contributed by atoms with E-state index < -0.39 is 112 Å². The topological polar surface area (TPSA) is 300 Å². The Bertz CT molecular complexity index is 636. The molecule has 0 spiro atoms. The molecule has 0 amide bonds. The molecule has 208 valence electrons. The zero-order valence-corrected chi connectivity index (χ0v) is 18.2. The summed E-state index contributed by atoms with van der Waals surface area (Å²) in [5.74, 6) is 0. The number of aliphatic hydroxyl groups is 11. The fourth-order valence-corrected chi connectivity index (χ4v) is 4.06. The largest absolute Gasteiger partial charge is 0.412 e. The Hall–Kier alpha value is -0.680. The third-order valence-corrected chi connectivity index (χ3v) is 6.09. The van der Waals surface area contributed by atoms with Gasteiger partial charge < -0.3 is 85.3 Å². The SMILES string of the molecule is O.OC[C@H]1O[C@@H](O[C@H]2[C@@H](O)[C@@H](O)[C@@H](O[C@H]3[C@@H](O)[C@@H](O)C(O)O[C@@H]3CO)O[C@@H]2CO)[C@H](O)[C@@H](O)[C@@H]1O. The van der Waals surface area contributed by atoms with Gasteiger partial charge in [0.15, 0.2) is 18.9 Å². The Morgan fingerprint density at radius 2 is 0.857 bits per heavy atom. The van der Waals surface area contributed by atoms with Gasteiger partial charge in [0.1, 0.15) is 73.2 Å². The van der Waals surface area contributed by atoms with Gasteiger partial charge in [0.05, 0.1) is 19.8 Å². The molecule has 0 radical (unpaired) electrons. The second-order valence-corrected chi connectivity index (χ2v) is 8.33.